The standard InChI is InChI=1S/C10H11Cl2N5/c1-3-17-6(2)4-8(16-17)14-9-7(11)5-13-10(12)15-9/h4-5H,3H2,1-2H3,(H,13,14,15,16). The Morgan fingerprint density at radius 3 is 2.82 bits per heavy atom. The van der Waals surface area contributed by atoms with Gasteiger partial charge in [-0.25, -0.2) is 4.98 Å². The minimum atomic E-state index is 0.142. The van der Waals surface area contributed by atoms with Crippen LogP contribution in [-0.4, -0.2) is 19.7 Å². The van der Waals surface area contributed by atoms with Gasteiger partial charge < -0.3 is 5.32 Å². The topological polar surface area (TPSA) is 55.6 Å². The zero-order chi connectivity index (χ0) is 12.4. The largest absolute Gasteiger partial charge is 0.322 e. The molecule has 0 bridgehead atoms. The van der Waals surface area contributed by atoms with Crippen molar-refractivity contribution in [2.75, 3.05) is 5.32 Å². The van der Waals surface area contributed by atoms with Crippen molar-refractivity contribution < 1.29 is 0 Å². The number of rotatable bonds is 3. The molecule has 2 heterocycles. The highest BCUT2D eigenvalue weighted by molar-refractivity contribution is 6.33. The quantitative estimate of drug-likeness (QED) is 0.872. The number of hydrogen-bond donors (Lipinski definition) is 1. The van der Waals surface area contributed by atoms with Crippen LogP contribution >= 0.6 is 23.2 Å². The van der Waals surface area contributed by atoms with Crippen molar-refractivity contribution in [2.45, 2.75) is 20.4 Å². The predicted molar refractivity (Wildman–Crippen MR) is 68.0 cm³/mol. The molecule has 0 aliphatic carbocycles. The number of aromatic nitrogens is 4. The van der Waals surface area contributed by atoms with Crippen LogP contribution in [0.25, 0.3) is 0 Å². The maximum Gasteiger partial charge on any atom is 0.224 e. The van der Waals surface area contributed by atoms with Crippen LogP contribution in [0.15, 0.2) is 12.3 Å². The average molecular weight is 272 g/mol. The minimum Gasteiger partial charge on any atom is -0.322 e. The van der Waals surface area contributed by atoms with Crippen molar-refractivity contribution in [1.82, 2.24) is 19.7 Å². The van der Waals surface area contributed by atoms with Crippen LogP contribution in [-0.2, 0) is 6.54 Å². The minimum absolute atomic E-state index is 0.142. The molecule has 1 N–H and O–H groups in total. The molecule has 0 radical (unpaired) electrons. The summed E-state index contributed by atoms with van der Waals surface area (Å²) in [6.07, 6.45) is 1.45. The maximum absolute atomic E-state index is 5.95. The highest BCUT2D eigenvalue weighted by Crippen LogP contribution is 2.23. The second-order valence-electron chi connectivity index (χ2n) is 3.45. The van der Waals surface area contributed by atoms with Crippen molar-refractivity contribution in [2.24, 2.45) is 0 Å². The number of halogens is 2. The molecule has 0 fully saturated rings. The molecule has 17 heavy (non-hydrogen) atoms. The fourth-order valence-electron chi connectivity index (χ4n) is 1.45. The summed E-state index contributed by atoms with van der Waals surface area (Å²) >= 11 is 11.6. The van der Waals surface area contributed by atoms with Gasteiger partial charge in [-0.1, -0.05) is 11.6 Å². The number of aryl methyl sites for hydroxylation is 2. The van der Waals surface area contributed by atoms with Gasteiger partial charge in [0.2, 0.25) is 5.28 Å². The molecule has 0 amide bonds. The molecular weight excluding hydrogens is 261 g/mol. The van der Waals surface area contributed by atoms with Gasteiger partial charge in [-0.2, -0.15) is 10.1 Å². The molecule has 0 unspecified atom stereocenters. The smallest absolute Gasteiger partial charge is 0.224 e. The molecule has 5 nitrogen and oxygen atoms in total. The molecule has 0 atom stereocenters. The van der Waals surface area contributed by atoms with E-state index in [1.807, 2.05) is 24.6 Å². The lowest BCUT2D eigenvalue weighted by Gasteiger charge is -2.03. The van der Waals surface area contributed by atoms with E-state index >= 15 is 0 Å². The molecule has 2 aromatic rings. The lowest BCUT2D eigenvalue weighted by atomic mass is 10.4. The van der Waals surface area contributed by atoms with Crippen molar-refractivity contribution in [3.8, 4) is 0 Å². The van der Waals surface area contributed by atoms with E-state index < -0.39 is 0 Å². The number of anilines is 2. The fraction of sp³-hybridized carbons (Fsp3) is 0.300. The summed E-state index contributed by atoms with van der Waals surface area (Å²) in [4.78, 5) is 7.77. The SMILES string of the molecule is CCn1nc(Nc2nc(Cl)ncc2Cl)cc1C. The van der Waals surface area contributed by atoms with Gasteiger partial charge >= 0.3 is 0 Å². The Morgan fingerprint density at radius 2 is 2.18 bits per heavy atom. The zero-order valence-electron chi connectivity index (χ0n) is 9.41. The first-order valence-electron chi connectivity index (χ1n) is 5.09. The lowest BCUT2D eigenvalue weighted by Crippen LogP contribution is -2.00. The third-order valence-electron chi connectivity index (χ3n) is 2.24. The summed E-state index contributed by atoms with van der Waals surface area (Å²) in [5, 5.41) is 7.89. The Hall–Kier alpha value is -1.33. The molecule has 2 aromatic heterocycles. The van der Waals surface area contributed by atoms with Crippen LogP contribution < -0.4 is 5.32 Å². The summed E-state index contributed by atoms with van der Waals surface area (Å²) < 4.78 is 1.87. The van der Waals surface area contributed by atoms with Crippen molar-refractivity contribution in [1.29, 1.82) is 0 Å². The molecule has 0 saturated carbocycles. The zero-order valence-corrected chi connectivity index (χ0v) is 10.9. The summed E-state index contributed by atoms with van der Waals surface area (Å²) in [6, 6.07) is 1.91. The molecule has 0 spiro atoms. The van der Waals surface area contributed by atoms with Crippen LogP contribution in [0, 0.1) is 6.92 Å². The van der Waals surface area contributed by atoms with Crippen LogP contribution in [0.5, 0.6) is 0 Å². The van der Waals surface area contributed by atoms with Gasteiger partial charge in [0.25, 0.3) is 0 Å². The molecule has 7 heteroatoms. The molecule has 0 aliphatic heterocycles. The average Bonchev–Trinajstić information content (AvgIpc) is 2.64. The molecule has 0 saturated heterocycles. The van der Waals surface area contributed by atoms with E-state index in [1.54, 1.807) is 0 Å². The van der Waals surface area contributed by atoms with Gasteiger partial charge in [0.05, 0.1) is 6.20 Å². The van der Waals surface area contributed by atoms with E-state index in [0.717, 1.165) is 12.2 Å². The summed E-state index contributed by atoms with van der Waals surface area (Å²) in [6.45, 7) is 4.82. The molecule has 90 valence electrons. The Balaban J connectivity index is 2.27. The summed E-state index contributed by atoms with van der Waals surface area (Å²) in [7, 11) is 0. The highest BCUT2D eigenvalue weighted by Gasteiger charge is 2.08. The van der Waals surface area contributed by atoms with Crippen LogP contribution in [0.2, 0.25) is 10.3 Å². The fourth-order valence-corrected chi connectivity index (χ4v) is 1.72. The first-order chi connectivity index (χ1) is 8.10. The van der Waals surface area contributed by atoms with Crippen molar-refractivity contribution >= 4 is 34.8 Å². The monoisotopic (exact) mass is 271 g/mol. The lowest BCUT2D eigenvalue weighted by molar-refractivity contribution is 0.642. The van der Waals surface area contributed by atoms with E-state index in [0.29, 0.717) is 16.7 Å². The van der Waals surface area contributed by atoms with E-state index in [9.17, 15) is 0 Å². The summed E-state index contributed by atoms with van der Waals surface area (Å²) in [5.74, 6) is 1.13. The van der Waals surface area contributed by atoms with Gasteiger partial charge in [-0.15, -0.1) is 0 Å². The Bertz CT molecular complexity index is 537. The van der Waals surface area contributed by atoms with Gasteiger partial charge in [0, 0.05) is 18.3 Å². The van der Waals surface area contributed by atoms with Gasteiger partial charge in [0.1, 0.15) is 5.02 Å². The van der Waals surface area contributed by atoms with Gasteiger partial charge in [0.15, 0.2) is 11.6 Å². The third-order valence-corrected chi connectivity index (χ3v) is 2.70. The second-order valence-corrected chi connectivity index (χ2v) is 4.19. The Morgan fingerprint density at radius 1 is 1.41 bits per heavy atom. The molecular formula is C10H11Cl2N5. The van der Waals surface area contributed by atoms with E-state index in [-0.39, 0.29) is 5.28 Å². The Kier molecular flexibility index (Phi) is 3.49. The van der Waals surface area contributed by atoms with Crippen molar-refractivity contribution in [3.63, 3.8) is 0 Å². The van der Waals surface area contributed by atoms with Gasteiger partial charge in [-0.3, -0.25) is 4.68 Å². The van der Waals surface area contributed by atoms with Crippen LogP contribution in [0.4, 0.5) is 11.6 Å². The van der Waals surface area contributed by atoms with E-state index in [4.69, 9.17) is 23.2 Å². The van der Waals surface area contributed by atoms with Crippen LogP contribution in [0.3, 0.4) is 0 Å². The van der Waals surface area contributed by atoms with Crippen molar-refractivity contribution in [3.05, 3.63) is 28.3 Å². The molecule has 2 rings (SSSR count). The first-order valence-corrected chi connectivity index (χ1v) is 5.85. The first kappa shape index (κ1) is 12.1. The number of nitrogens with zero attached hydrogens (tertiary/aromatic N) is 4. The van der Waals surface area contributed by atoms with Gasteiger partial charge in [-0.05, 0) is 25.4 Å². The highest BCUT2D eigenvalue weighted by atomic mass is 35.5. The normalized spacial score (nSPS) is 10.6. The third kappa shape index (κ3) is 2.68. The predicted octanol–water partition coefficient (Wildman–Crippen LogP) is 3.05. The summed E-state index contributed by atoms with van der Waals surface area (Å²) in [5.41, 5.74) is 1.06. The van der Waals surface area contributed by atoms with E-state index in [1.165, 1.54) is 6.20 Å². The maximum atomic E-state index is 5.95. The second kappa shape index (κ2) is 4.89. The molecule has 0 aliphatic rings. The van der Waals surface area contributed by atoms with E-state index in [2.05, 4.69) is 20.4 Å². The number of hydrogen-bond acceptors (Lipinski definition) is 4. The molecule has 0 aromatic carbocycles. The Labute approximate surface area is 109 Å². The number of nitrogens with one attached hydrogen (secondary N) is 1. The van der Waals surface area contributed by atoms with Crippen LogP contribution in [0.1, 0.15) is 12.6 Å².